The van der Waals surface area contributed by atoms with Crippen molar-refractivity contribution in [2.24, 2.45) is 0 Å². The molecule has 2 heterocycles. The highest BCUT2D eigenvalue weighted by atomic mass is 35.5. The molecule has 1 amide bonds. The zero-order chi connectivity index (χ0) is 16.2. The number of aromatic nitrogens is 3. The van der Waals surface area contributed by atoms with Crippen molar-refractivity contribution in [1.82, 2.24) is 24.8 Å². The lowest BCUT2D eigenvalue weighted by molar-refractivity contribution is -0.136. The zero-order valence-corrected chi connectivity index (χ0v) is 13.4. The number of carbonyl (C=O) groups excluding carboxylic acids is 1. The highest BCUT2D eigenvalue weighted by Crippen LogP contribution is 2.13. The van der Waals surface area contributed by atoms with Crippen LogP contribution in [0.1, 0.15) is 5.69 Å². The van der Waals surface area contributed by atoms with Gasteiger partial charge in [-0.05, 0) is 24.3 Å². The first-order valence-corrected chi connectivity index (χ1v) is 7.81. The Kier molecular flexibility index (Phi) is 4.90. The van der Waals surface area contributed by atoms with Gasteiger partial charge in [0.25, 0.3) is 0 Å². The largest absolute Gasteiger partial charge is 0.387 e. The molecule has 1 aliphatic rings. The first kappa shape index (κ1) is 15.9. The minimum Gasteiger partial charge on any atom is -0.387 e. The van der Waals surface area contributed by atoms with Crippen LogP contribution in [0.3, 0.4) is 0 Å². The molecular formula is C15H18ClN5O2. The van der Waals surface area contributed by atoms with Crippen LogP contribution >= 0.6 is 11.6 Å². The Balaban J connectivity index is 1.58. The average Bonchev–Trinajstić information content (AvgIpc) is 3.04. The number of benzene rings is 1. The SMILES string of the molecule is O=C(CO)N1CCN(Cc2cn(-c3ccc(Cl)cc3)nn2)CC1. The Morgan fingerprint density at radius 3 is 2.52 bits per heavy atom. The van der Waals surface area contributed by atoms with Crippen molar-refractivity contribution in [1.29, 1.82) is 0 Å². The van der Waals surface area contributed by atoms with Crippen LogP contribution in [0.2, 0.25) is 5.02 Å². The summed E-state index contributed by atoms with van der Waals surface area (Å²) in [4.78, 5) is 15.3. The molecule has 0 unspecified atom stereocenters. The molecule has 0 aliphatic carbocycles. The Morgan fingerprint density at radius 1 is 1.17 bits per heavy atom. The van der Waals surface area contributed by atoms with Gasteiger partial charge in [0, 0.05) is 37.7 Å². The second-order valence-electron chi connectivity index (χ2n) is 5.45. The highest BCUT2D eigenvalue weighted by molar-refractivity contribution is 6.30. The predicted octanol–water partition coefficient (Wildman–Crippen LogP) is 0.557. The van der Waals surface area contributed by atoms with E-state index in [2.05, 4.69) is 15.2 Å². The summed E-state index contributed by atoms with van der Waals surface area (Å²) >= 11 is 5.88. The first-order chi connectivity index (χ1) is 11.2. The molecule has 1 aliphatic heterocycles. The van der Waals surface area contributed by atoms with Crippen LogP contribution in [0.5, 0.6) is 0 Å². The fraction of sp³-hybridized carbons (Fsp3) is 0.400. The molecule has 122 valence electrons. The van der Waals surface area contributed by atoms with E-state index in [9.17, 15) is 4.79 Å². The van der Waals surface area contributed by atoms with E-state index in [1.807, 2.05) is 30.5 Å². The van der Waals surface area contributed by atoms with Crippen molar-refractivity contribution in [3.8, 4) is 5.69 Å². The van der Waals surface area contributed by atoms with Gasteiger partial charge in [-0.2, -0.15) is 0 Å². The van der Waals surface area contributed by atoms with Crippen molar-refractivity contribution in [2.75, 3.05) is 32.8 Å². The highest BCUT2D eigenvalue weighted by Gasteiger charge is 2.21. The fourth-order valence-electron chi connectivity index (χ4n) is 2.58. The second-order valence-corrected chi connectivity index (χ2v) is 5.88. The smallest absolute Gasteiger partial charge is 0.248 e. The zero-order valence-electron chi connectivity index (χ0n) is 12.6. The van der Waals surface area contributed by atoms with Gasteiger partial charge in [-0.1, -0.05) is 16.8 Å². The Morgan fingerprint density at radius 2 is 1.87 bits per heavy atom. The van der Waals surface area contributed by atoms with Crippen LogP contribution in [-0.4, -0.2) is 68.6 Å². The summed E-state index contributed by atoms with van der Waals surface area (Å²) in [6.45, 7) is 3.05. The lowest BCUT2D eigenvalue weighted by Crippen LogP contribution is -2.49. The standard InChI is InChI=1S/C15H18ClN5O2/c16-12-1-3-14(4-2-12)21-10-13(17-18-21)9-19-5-7-20(8-6-19)15(23)11-22/h1-4,10,22H,5-9,11H2. The fourth-order valence-corrected chi connectivity index (χ4v) is 2.70. The monoisotopic (exact) mass is 335 g/mol. The van der Waals surface area contributed by atoms with Crippen LogP contribution in [0.15, 0.2) is 30.5 Å². The van der Waals surface area contributed by atoms with Gasteiger partial charge in [-0.25, -0.2) is 4.68 Å². The number of nitrogens with zero attached hydrogens (tertiary/aromatic N) is 5. The number of carbonyl (C=O) groups is 1. The topological polar surface area (TPSA) is 74.5 Å². The molecule has 0 spiro atoms. The van der Waals surface area contributed by atoms with Crippen molar-refractivity contribution in [3.63, 3.8) is 0 Å². The number of hydrogen-bond donors (Lipinski definition) is 1. The lowest BCUT2D eigenvalue weighted by atomic mass is 10.3. The van der Waals surface area contributed by atoms with Gasteiger partial charge in [0.1, 0.15) is 6.61 Å². The molecule has 0 saturated carbocycles. The van der Waals surface area contributed by atoms with Crippen molar-refractivity contribution >= 4 is 17.5 Å². The minimum absolute atomic E-state index is 0.210. The number of aliphatic hydroxyl groups is 1. The van der Waals surface area contributed by atoms with Gasteiger partial charge in [0.05, 0.1) is 17.6 Å². The van der Waals surface area contributed by atoms with Gasteiger partial charge in [-0.15, -0.1) is 5.10 Å². The van der Waals surface area contributed by atoms with Crippen LogP contribution in [-0.2, 0) is 11.3 Å². The second kappa shape index (κ2) is 7.08. The lowest BCUT2D eigenvalue weighted by Gasteiger charge is -2.33. The predicted molar refractivity (Wildman–Crippen MR) is 85.3 cm³/mol. The summed E-state index contributed by atoms with van der Waals surface area (Å²) in [6, 6.07) is 7.41. The van der Waals surface area contributed by atoms with E-state index in [1.54, 1.807) is 9.58 Å². The van der Waals surface area contributed by atoms with Crippen LogP contribution < -0.4 is 0 Å². The summed E-state index contributed by atoms with van der Waals surface area (Å²) in [6.07, 6.45) is 1.90. The number of piperazine rings is 1. The number of hydrogen-bond acceptors (Lipinski definition) is 5. The Labute approximate surface area is 139 Å². The van der Waals surface area contributed by atoms with Gasteiger partial charge in [0.2, 0.25) is 5.91 Å². The Hall–Kier alpha value is -1.96. The van der Waals surface area contributed by atoms with Crippen LogP contribution in [0.4, 0.5) is 0 Å². The third kappa shape index (κ3) is 3.87. The molecule has 2 aromatic rings. The molecule has 0 radical (unpaired) electrons. The summed E-state index contributed by atoms with van der Waals surface area (Å²) < 4.78 is 1.72. The third-order valence-electron chi connectivity index (χ3n) is 3.88. The maximum atomic E-state index is 11.4. The molecule has 0 atom stereocenters. The van der Waals surface area contributed by atoms with Crippen molar-refractivity contribution in [2.45, 2.75) is 6.54 Å². The molecule has 3 rings (SSSR count). The molecule has 1 saturated heterocycles. The molecular weight excluding hydrogens is 318 g/mol. The molecule has 8 heteroatoms. The average molecular weight is 336 g/mol. The normalized spacial score (nSPS) is 15.8. The van der Waals surface area contributed by atoms with E-state index >= 15 is 0 Å². The molecule has 1 aromatic heterocycles. The van der Waals surface area contributed by atoms with E-state index in [1.165, 1.54) is 0 Å². The van der Waals surface area contributed by atoms with Gasteiger partial charge in [-0.3, -0.25) is 9.69 Å². The first-order valence-electron chi connectivity index (χ1n) is 7.44. The van der Waals surface area contributed by atoms with E-state index in [0.29, 0.717) is 24.7 Å². The van der Waals surface area contributed by atoms with Crippen LogP contribution in [0.25, 0.3) is 5.69 Å². The molecule has 1 fully saturated rings. The maximum absolute atomic E-state index is 11.4. The number of amides is 1. The number of halogens is 1. The summed E-state index contributed by atoms with van der Waals surface area (Å²) in [7, 11) is 0. The molecule has 1 N–H and O–H groups in total. The third-order valence-corrected chi connectivity index (χ3v) is 4.13. The summed E-state index contributed by atoms with van der Waals surface area (Å²) in [5.74, 6) is -0.210. The van der Waals surface area contributed by atoms with Crippen LogP contribution in [0, 0.1) is 0 Å². The summed E-state index contributed by atoms with van der Waals surface area (Å²) in [5.41, 5.74) is 1.79. The van der Waals surface area contributed by atoms with E-state index in [-0.39, 0.29) is 5.91 Å². The maximum Gasteiger partial charge on any atom is 0.248 e. The molecule has 0 bridgehead atoms. The van der Waals surface area contributed by atoms with E-state index in [4.69, 9.17) is 16.7 Å². The molecule has 7 nitrogen and oxygen atoms in total. The number of rotatable bonds is 4. The minimum atomic E-state index is -0.421. The Bertz CT molecular complexity index is 665. The van der Waals surface area contributed by atoms with Gasteiger partial charge < -0.3 is 10.0 Å². The molecule has 23 heavy (non-hydrogen) atoms. The van der Waals surface area contributed by atoms with Crippen molar-refractivity contribution in [3.05, 3.63) is 41.2 Å². The molecule has 1 aromatic carbocycles. The van der Waals surface area contributed by atoms with E-state index in [0.717, 1.165) is 24.5 Å². The van der Waals surface area contributed by atoms with Gasteiger partial charge >= 0.3 is 0 Å². The quantitative estimate of drug-likeness (QED) is 0.883. The van der Waals surface area contributed by atoms with Gasteiger partial charge in [0.15, 0.2) is 0 Å². The number of aliphatic hydroxyl groups excluding tert-OH is 1. The van der Waals surface area contributed by atoms with E-state index < -0.39 is 6.61 Å². The summed E-state index contributed by atoms with van der Waals surface area (Å²) in [5, 5.41) is 17.9. The van der Waals surface area contributed by atoms with Crippen molar-refractivity contribution < 1.29 is 9.90 Å².